The average Bonchev–Trinajstić information content (AvgIpc) is 3.69. The Morgan fingerprint density at radius 2 is 1.14 bits per heavy atom. The Balaban J connectivity index is 0.000000298. The van der Waals surface area contributed by atoms with E-state index >= 15 is 0 Å². The molecule has 0 aliphatic heterocycles. The van der Waals surface area contributed by atoms with Gasteiger partial charge >= 0.3 is 41.9 Å². The molecule has 6 rings (SSSR count). The van der Waals surface area contributed by atoms with E-state index in [2.05, 4.69) is 178 Å². The van der Waals surface area contributed by atoms with E-state index in [1.54, 1.807) is 23.3 Å². The van der Waals surface area contributed by atoms with Crippen molar-refractivity contribution in [2.75, 3.05) is 0 Å². The molecule has 0 fully saturated rings. The van der Waals surface area contributed by atoms with Crippen LogP contribution in [0.4, 0.5) is 0 Å². The molecular formula is C45H54Cl2SiZr-2. The molecule has 0 amide bonds. The second-order valence-corrected chi connectivity index (χ2v) is 23.9. The van der Waals surface area contributed by atoms with Crippen molar-refractivity contribution in [1.29, 1.82) is 0 Å². The molecule has 258 valence electrons. The van der Waals surface area contributed by atoms with Gasteiger partial charge in [-0.2, -0.15) is 12.1 Å². The monoisotopic (exact) mass is 782 g/mol. The van der Waals surface area contributed by atoms with Gasteiger partial charge in [0.1, 0.15) is 0 Å². The smallest absolute Gasteiger partial charge is 1.00 e. The van der Waals surface area contributed by atoms with Gasteiger partial charge in [0.25, 0.3) is 0 Å². The normalized spacial score (nSPS) is 11.5. The Labute approximate surface area is 325 Å². The predicted octanol–water partition coefficient (Wildman–Crippen LogP) is 7.74. The van der Waals surface area contributed by atoms with Gasteiger partial charge in [-0.3, -0.25) is 0 Å². The van der Waals surface area contributed by atoms with E-state index in [1.165, 1.54) is 72.5 Å². The Hall–Kier alpha value is -2.22. The average molecular weight is 785 g/mol. The Morgan fingerprint density at radius 1 is 0.673 bits per heavy atom. The molecule has 1 unspecified atom stereocenters. The maximum atomic E-state index is 2.39. The van der Waals surface area contributed by atoms with Gasteiger partial charge in [0.2, 0.25) is 0 Å². The van der Waals surface area contributed by atoms with Crippen LogP contribution in [0.3, 0.4) is 0 Å². The van der Waals surface area contributed by atoms with Crippen LogP contribution in [0.5, 0.6) is 0 Å². The number of hydrogen-bond donors (Lipinski definition) is 0. The van der Waals surface area contributed by atoms with Gasteiger partial charge in [-0.15, -0.1) is 69.1 Å². The summed E-state index contributed by atoms with van der Waals surface area (Å²) >= 11 is 1.74. The Morgan fingerprint density at radius 3 is 1.59 bits per heavy atom. The maximum Gasteiger partial charge on any atom is -1.00 e. The Kier molecular flexibility index (Phi) is 17.0. The van der Waals surface area contributed by atoms with Crippen molar-refractivity contribution in [2.24, 2.45) is 0 Å². The molecule has 6 aromatic carbocycles. The second-order valence-electron chi connectivity index (χ2n) is 14.5. The maximum absolute atomic E-state index is 2.39. The van der Waals surface area contributed by atoms with Gasteiger partial charge in [0.15, 0.2) is 0 Å². The van der Waals surface area contributed by atoms with Crippen LogP contribution in [-0.4, -0.2) is 5.43 Å². The standard InChI is InChI=1S/C23H27.C20H21.C2H6Si.2ClH.Zr/c1-6-16(2)19-14-18-8-7-9-21(22(18)15-19)17-10-12-20(13-11-17)23(3,4)5;1-4-15-12-18-6-5-7-19(20(18)13-15)17-10-8-16(9-11-17)14(2)3;1-3-2;;;/h7-16H,6H2,1-5H3;5-14H,4H2,1-3H3;1-2H3;2*1H;/q2*-1;;;;+2/p-2. The fourth-order valence-electron chi connectivity index (χ4n) is 5.98. The van der Waals surface area contributed by atoms with E-state index in [1.807, 2.05) is 0 Å². The van der Waals surface area contributed by atoms with E-state index < -0.39 is 0 Å². The number of hydrogen-bond acceptors (Lipinski definition) is 0. The van der Waals surface area contributed by atoms with Crippen molar-refractivity contribution in [3.8, 4) is 22.3 Å². The van der Waals surface area contributed by atoms with Gasteiger partial charge in [0.05, 0.1) is 0 Å². The minimum Gasteiger partial charge on any atom is -1.00 e. The molecule has 0 radical (unpaired) electrons. The summed E-state index contributed by atoms with van der Waals surface area (Å²) in [7, 11) is 0. The summed E-state index contributed by atoms with van der Waals surface area (Å²) in [6.07, 6.45) is 2.28. The zero-order valence-corrected chi connectivity index (χ0v) is 36.2. The molecule has 1 atom stereocenters. The van der Waals surface area contributed by atoms with Crippen LogP contribution < -0.4 is 24.8 Å². The number of halogens is 2. The van der Waals surface area contributed by atoms with Crippen LogP contribution in [0.25, 0.3) is 43.8 Å². The van der Waals surface area contributed by atoms with Crippen LogP contribution in [0.2, 0.25) is 13.1 Å². The third kappa shape index (κ3) is 11.4. The van der Waals surface area contributed by atoms with Crippen molar-refractivity contribution in [1.82, 2.24) is 0 Å². The van der Waals surface area contributed by atoms with Crippen molar-refractivity contribution in [2.45, 2.75) is 98.6 Å². The SMILES string of the molecule is CCC(C)c1cc2c(-c3ccc(C(C)(C)C)cc3)cccc2[cH-]1.CCc1cc2c(-c3ccc(C(C)C)cc3)cccc2[cH-]1.C[Si](C)=[Zr+2].[Cl-].[Cl-]. The summed E-state index contributed by atoms with van der Waals surface area (Å²) < 4.78 is 0. The molecule has 0 N–H and O–H groups in total. The molecule has 0 aliphatic rings. The van der Waals surface area contributed by atoms with E-state index in [4.69, 9.17) is 0 Å². The fourth-order valence-corrected chi connectivity index (χ4v) is 5.98. The minimum absolute atomic E-state index is 0. The summed E-state index contributed by atoms with van der Waals surface area (Å²) in [6, 6.07) is 40.7. The summed E-state index contributed by atoms with van der Waals surface area (Å²) in [5, 5.41) is 5.47. The minimum atomic E-state index is 0. The third-order valence-corrected chi connectivity index (χ3v) is 9.12. The van der Waals surface area contributed by atoms with Crippen LogP contribution >= 0.6 is 0 Å². The second kappa shape index (κ2) is 19.4. The van der Waals surface area contributed by atoms with Crippen molar-refractivity contribution in [3.63, 3.8) is 0 Å². The molecule has 0 spiro atoms. The number of aryl methyl sites for hydroxylation is 1. The van der Waals surface area contributed by atoms with Crippen molar-refractivity contribution >= 4 is 27.0 Å². The van der Waals surface area contributed by atoms with Crippen LogP contribution in [0, 0.1) is 0 Å². The quantitative estimate of drug-likeness (QED) is 0.120. The molecule has 0 heterocycles. The molecule has 0 aliphatic carbocycles. The molecule has 6 aromatic rings. The van der Waals surface area contributed by atoms with E-state index in [0.29, 0.717) is 11.8 Å². The molecule has 4 heteroatoms. The largest absolute Gasteiger partial charge is 1.00 e. The first-order chi connectivity index (χ1) is 22.3. The van der Waals surface area contributed by atoms with E-state index in [-0.39, 0.29) is 35.7 Å². The van der Waals surface area contributed by atoms with Gasteiger partial charge in [-0.1, -0.05) is 134 Å². The third-order valence-electron chi connectivity index (χ3n) is 9.12. The van der Waals surface area contributed by atoms with Gasteiger partial charge in [-0.25, -0.2) is 0 Å². The number of fused-ring (bicyclic) bond motifs is 2. The van der Waals surface area contributed by atoms with Gasteiger partial charge in [-0.05, 0) is 45.9 Å². The number of benzene rings is 4. The van der Waals surface area contributed by atoms with E-state index in [9.17, 15) is 0 Å². The molecule has 0 nitrogen and oxygen atoms in total. The topological polar surface area (TPSA) is 0 Å². The molecular weight excluding hydrogens is 731 g/mol. The fraction of sp³-hybridized carbons (Fsp3) is 0.333. The van der Waals surface area contributed by atoms with Crippen LogP contribution in [0.15, 0.2) is 109 Å². The van der Waals surface area contributed by atoms with Gasteiger partial charge < -0.3 is 24.8 Å². The zero-order chi connectivity index (χ0) is 34.3. The molecule has 0 bridgehead atoms. The van der Waals surface area contributed by atoms with Crippen LogP contribution in [-0.2, 0) is 35.2 Å². The molecule has 49 heavy (non-hydrogen) atoms. The summed E-state index contributed by atoms with van der Waals surface area (Å²) in [5.74, 6) is 1.21. The predicted molar refractivity (Wildman–Crippen MR) is 208 cm³/mol. The van der Waals surface area contributed by atoms with Gasteiger partial charge in [0, 0.05) is 0 Å². The molecule has 0 aromatic heterocycles. The first-order valence-corrected chi connectivity index (χ1v) is 23.6. The Bertz CT molecular complexity index is 1900. The first kappa shape index (κ1) is 42.9. The van der Waals surface area contributed by atoms with Crippen molar-refractivity contribution < 1.29 is 48.1 Å². The zero-order valence-electron chi connectivity index (χ0n) is 31.2. The molecule has 0 saturated carbocycles. The van der Waals surface area contributed by atoms with Crippen LogP contribution in [0.1, 0.15) is 95.9 Å². The summed E-state index contributed by atoms with van der Waals surface area (Å²) in [5.41, 5.74) is 11.4. The first-order valence-electron chi connectivity index (χ1n) is 17.4. The summed E-state index contributed by atoms with van der Waals surface area (Å²) in [4.78, 5) is 0. The number of rotatable bonds is 6. The summed E-state index contributed by atoms with van der Waals surface area (Å²) in [6.45, 7) is 22.7. The van der Waals surface area contributed by atoms with Crippen molar-refractivity contribution in [3.05, 3.63) is 131 Å². The molecule has 0 saturated heterocycles. The van der Waals surface area contributed by atoms with E-state index in [0.717, 1.165) is 6.42 Å².